The summed E-state index contributed by atoms with van der Waals surface area (Å²) in [4.78, 5) is 25.3. The van der Waals surface area contributed by atoms with Gasteiger partial charge < -0.3 is 20.1 Å². The van der Waals surface area contributed by atoms with Crippen LogP contribution in [0.15, 0.2) is 79.0 Å². The number of para-hydroxylation sites is 1. The maximum atomic E-state index is 13.3. The Morgan fingerprint density at radius 2 is 1.62 bits per heavy atom. The molecule has 2 N–H and O–H groups in total. The van der Waals surface area contributed by atoms with Crippen molar-refractivity contribution < 1.29 is 19.1 Å². The van der Waals surface area contributed by atoms with Crippen molar-refractivity contribution in [2.45, 2.75) is 20.4 Å². The summed E-state index contributed by atoms with van der Waals surface area (Å²) in [5.41, 5.74) is 4.13. The van der Waals surface area contributed by atoms with Crippen LogP contribution < -0.4 is 20.1 Å². The van der Waals surface area contributed by atoms with Crippen LogP contribution in [-0.2, 0) is 11.3 Å². The molecule has 37 heavy (non-hydrogen) atoms. The van der Waals surface area contributed by atoms with E-state index >= 15 is 0 Å². The fourth-order valence-corrected chi connectivity index (χ4v) is 3.72. The Kier molecular flexibility index (Phi) is 7.88. The minimum atomic E-state index is -0.260. The molecule has 4 aromatic rings. The SMILES string of the molecule is COc1ccc(-c2nn(-c3ccccc3)cc2C(=O)NCc2ccc(NC(=O)C(C)C)cc2)cc1OC. The molecule has 3 aromatic carbocycles. The molecule has 0 aliphatic rings. The van der Waals surface area contributed by atoms with E-state index in [2.05, 4.69) is 10.6 Å². The van der Waals surface area contributed by atoms with Crippen molar-refractivity contribution in [1.82, 2.24) is 15.1 Å². The molecule has 0 spiro atoms. The highest BCUT2D eigenvalue weighted by molar-refractivity contribution is 6.00. The number of carbonyl (C=O) groups excluding carboxylic acids is 2. The molecule has 0 radical (unpaired) electrons. The molecule has 0 bridgehead atoms. The minimum Gasteiger partial charge on any atom is -0.493 e. The summed E-state index contributed by atoms with van der Waals surface area (Å²) in [6.07, 6.45) is 1.72. The molecule has 190 valence electrons. The molecule has 8 heteroatoms. The van der Waals surface area contributed by atoms with Gasteiger partial charge in [-0.05, 0) is 48.0 Å². The van der Waals surface area contributed by atoms with Gasteiger partial charge in [-0.3, -0.25) is 9.59 Å². The number of nitrogens with zero attached hydrogens (tertiary/aromatic N) is 2. The lowest BCUT2D eigenvalue weighted by atomic mass is 10.1. The van der Waals surface area contributed by atoms with Gasteiger partial charge in [-0.1, -0.05) is 44.2 Å². The summed E-state index contributed by atoms with van der Waals surface area (Å²) in [5, 5.41) is 10.6. The quantitative estimate of drug-likeness (QED) is 0.336. The molecule has 0 aliphatic carbocycles. The Labute approximate surface area is 216 Å². The molecule has 0 unspecified atom stereocenters. The Hall–Kier alpha value is -4.59. The molecule has 4 rings (SSSR count). The van der Waals surface area contributed by atoms with Gasteiger partial charge >= 0.3 is 0 Å². The van der Waals surface area contributed by atoms with Crippen molar-refractivity contribution in [1.29, 1.82) is 0 Å². The summed E-state index contributed by atoms with van der Waals surface area (Å²) >= 11 is 0. The van der Waals surface area contributed by atoms with Gasteiger partial charge in [0.1, 0.15) is 5.69 Å². The van der Waals surface area contributed by atoms with Crippen molar-refractivity contribution in [3.05, 3.63) is 90.1 Å². The zero-order valence-electron chi connectivity index (χ0n) is 21.3. The average Bonchev–Trinajstić information content (AvgIpc) is 3.38. The van der Waals surface area contributed by atoms with Crippen molar-refractivity contribution in [2.24, 2.45) is 5.92 Å². The van der Waals surface area contributed by atoms with E-state index in [9.17, 15) is 9.59 Å². The van der Waals surface area contributed by atoms with Crippen molar-refractivity contribution in [2.75, 3.05) is 19.5 Å². The van der Waals surface area contributed by atoms with E-state index < -0.39 is 0 Å². The van der Waals surface area contributed by atoms with Crippen molar-refractivity contribution >= 4 is 17.5 Å². The zero-order valence-corrected chi connectivity index (χ0v) is 21.3. The molecule has 0 saturated heterocycles. The fourth-order valence-electron chi connectivity index (χ4n) is 3.72. The zero-order chi connectivity index (χ0) is 26.4. The number of ether oxygens (including phenoxy) is 2. The van der Waals surface area contributed by atoms with Crippen LogP contribution in [-0.4, -0.2) is 35.8 Å². The second-order valence-corrected chi connectivity index (χ2v) is 8.76. The topological polar surface area (TPSA) is 94.5 Å². The molecule has 0 aliphatic heterocycles. The van der Waals surface area contributed by atoms with E-state index in [4.69, 9.17) is 14.6 Å². The highest BCUT2D eigenvalue weighted by Gasteiger charge is 2.20. The monoisotopic (exact) mass is 498 g/mol. The third kappa shape index (κ3) is 5.98. The standard InChI is InChI=1S/C29H30N4O4/c1-19(2)28(34)31-22-13-10-20(11-14-22)17-30-29(35)24-18-33(23-8-6-5-7-9-23)32-27(24)21-12-15-25(36-3)26(16-21)37-4/h5-16,18-19H,17H2,1-4H3,(H,30,35)(H,31,34). The molecule has 2 amide bonds. The number of aromatic nitrogens is 2. The summed E-state index contributed by atoms with van der Waals surface area (Å²) < 4.78 is 12.5. The van der Waals surface area contributed by atoms with E-state index in [0.29, 0.717) is 35.0 Å². The van der Waals surface area contributed by atoms with Crippen molar-refractivity contribution in [3.8, 4) is 28.4 Å². The molecular formula is C29H30N4O4. The van der Waals surface area contributed by atoms with Crippen LogP contribution in [0.5, 0.6) is 11.5 Å². The van der Waals surface area contributed by atoms with Crippen molar-refractivity contribution in [3.63, 3.8) is 0 Å². The van der Waals surface area contributed by atoms with Crippen LogP contribution in [0.4, 0.5) is 5.69 Å². The number of rotatable bonds is 9. The van der Waals surface area contributed by atoms with Gasteiger partial charge in [0.15, 0.2) is 11.5 Å². The number of methoxy groups -OCH3 is 2. The van der Waals surface area contributed by atoms with Gasteiger partial charge in [0, 0.05) is 29.9 Å². The largest absolute Gasteiger partial charge is 0.493 e. The molecule has 0 atom stereocenters. The Bertz CT molecular complexity index is 1380. The van der Waals surface area contributed by atoms with Crippen LogP contribution in [0, 0.1) is 5.92 Å². The number of nitrogens with one attached hydrogen (secondary N) is 2. The summed E-state index contributed by atoms with van der Waals surface area (Å²) in [6, 6.07) is 22.4. The predicted molar refractivity (Wildman–Crippen MR) is 143 cm³/mol. The van der Waals surface area contributed by atoms with Gasteiger partial charge in [0.25, 0.3) is 5.91 Å². The lowest BCUT2D eigenvalue weighted by molar-refractivity contribution is -0.118. The van der Waals surface area contributed by atoms with Gasteiger partial charge in [0.05, 0.1) is 25.5 Å². The van der Waals surface area contributed by atoms with Crippen LogP contribution in [0.25, 0.3) is 16.9 Å². The second kappa shape index (κ2) is 11.4. The third-order valence-electron chi connectivity index (χ3n) is 5.84. The molecule has 1 aromatic heterocycles. The van der Waals surface area contributed by atoms with Crippen LogP contribution in [0.2, 0.25) is 0 Å². The third-order valence-corrected chi connectivity index (χ3v) is 5.84. The lowest BCUT2D eigenvalue weighted by Crippen LogP contribution is -2.23. The molecule has 0 fully saturated rings. The van der Waals surface area contributed by atoms with Crippen LogP contribution in [0.1, 0.15) is 29.8 Å². The maximum Gasteiger partial charge on any atom is 0.255 e. The summed E-state index contributed by atoms with van der Waals surface area (Å²) in [5.74, 6) is 0.733. The predicted octanol–water partition coefficient (Wildman–Crippen LogP) is 5.08. The van der Waals surface area contributed by atoms with Gasteiger partial charge in [0.2, 0.25) is 5.91 Å². The Balaban J connectivity index is 1.58. The normalized spacial score (nSPS) is 10.7. The van der Waals surface area contributed by atoms with Gasteiger partial charge in [-0.25, -0.2) is 4.68 Å². The number of hydrogen-bond donors (Lipinski definition) is 2. The number of amides is 2. The average molecular weight is 499 g/mol. The van der Waals surface area contributed by atoms with E-state index in [1.165, 1.54) is 0 Å². The lowest BCUT2D eigenvalue weighted by Gasteiger charge is -2.10. The fraction of sp³-hybridized carbons (Fsp3) is 0.207. The molecule has 1 heterocycles. The first-order valence-electron chi connectivity index (χ1n) is 11.9. The number of carbonyl (C=O) groups is 2. The Morgan fingerprint density at radius 3 is 2.27 bits per heavy atom. The van der Waals surface area contributed by atoms with E-state index in [1.807, 2.05) is 74.5 Å². The number of anilines is 1. The maximum absolute atomic E-state index is 13.3. The van der Waals surface area contributed by atoms with Gasteiger partial charge in [-0.15, -0.1) is 0 Å². The number of hydrogen-bond acceptors (Lipinski definition) is 5. The molecule has 8 nitrogen and oxygen atoms in total. The van der Waals surface area contributed by atoms with Gasteiger partial charge in [-0.2, -0.15) is 5.10 Å². The first-order chi connectivity index (χ1) is 17.9. The van der Waals surface area contributed by atoms with E-state index in [1.54, 1.807) is 37.2 Å². The highest BCUT2D eigenvalue weighted by Crippen LogP contribution is 2.33. The molecular weight excluding hydrogens is 468 g/mol. The van der Waals surface area contributed by atoms with E-state index in [-0.39, 0.29) is 17.7 Å². The molecule has 0 saturated carbocycles. The highest BCUT2D eigenvalue weighted by atomic mass is 16.5. The van der Waals surface area contributed by atoms with Crippen LogP contribution >= 0.6 is 0 Å². The summed E-state index contributed by atoms with van der Waals surface area (Å²) in [7, 11) is 3.14. The number of benzene rings is 3. The minimum absolute atomic E-state index is 0.0424. The Morgan fingerprint density at radius 1 is 0.919 bits per heavy atom. The summed E-state index contributed by atoms with van der Waals surface area (Å²) in [6.45, 7) is 4.00. The first kappa shape index (κ1) is 25.5. The first-order valence-corrected chi connectivity index (χ1v) is 11.9. The van der Waals surface area contributed by atoms with Crippen LogP contribution in [0.3, 0.4) is 0 Å². The smallest absolute Gasteiger partial charge is 0.255 e. The van der Waals surface area contributed by atoms with E-state index in [0.717, 1.165) is 16.8 Å². The second-order valence-electron chi connectivity index (χ2n) is 8.76.